The molecule has 2 heterocycles. The van der Waals surface area contributed by atoms with Gasteiger partial charge < -0.3 is 9.80 Å². The van der Waals surface area contributed by atoms with Crippen molar-refractivity contribution >= 4 is 22.6 Å². The lowest BCUT2D eigenvalue weighted by Crippen LogP contribution is -2.53. The van der Waals surface area contributed by atoms with Gasteiger partial charge in [-0.2, -0.15) is 0 Å². The van der Waals surface area contributed by atoms with Crippen LogP contribution in [0.2, 0.25) is 0 Å². The summed E-state index contributed by atoms with van der Waals surface area (Å²) in [6, 6.07) is 7.42. The molecule has 29 heavy (non-hydrogen) atoms. The van der Waals surface area contributed by atoms with Crippen LogP contribution < -0.4 is 0 Å². The van der Waals surface area contributed by atoms with Gasteiger partial charge in [-0.25, -0.2) is 0 Å². The molecule has 0 saturated carbocycles. The summed E-state index contributed by atoms with van der Waals surface area (Å²) in [6.07, 6.45) is 2.86. The Morgan fingerprint density at radius 3 is 2.31 bits per heavy atom. The number of likely N-dealkylation sites (tertiary alicyclic amines) is 1. The number of benzene rings is 1. The van der Waals surface area contributed by atoms with Crippen LogP contribution in [0, 0.1) is 11.8 Å². The van der Waals surface area contributed by atoms with Gasteiger partial charge in [0.15, 0.2) is 0 Å². The van der Waals surface area contributed by atoms with E-state index < -0.39 is 10.8 Å². The Morgan fingerprint density at radius 1 is 1.03 bits per heavy atom. The van der Waals surface area contributed by atoms with Crippen LogP contribution in [0.1, 0.15) is 36.2 Å². The highest BCUT2D eigenvalue weighted by molar-refractivity contribution is 7.83. The van der Waals surface area contributed by atoms with Crippen LogP contribution in [0.5, 0.6) is 0 Å². The van der Waals surface area contributed by atoms with Crippen LogP contribution in [-0.2, 0) is 21.3 Å². The first kappa shape index (κ1) is 22.0. The molecule has 0 aromatic heterocycles. The first-order chi connectivity index (χ1) is 13.8. The average molecular weight is 420 g/mol. The molecule has 2 saturated heterocycles. The van der Waals surface area contributed by atoms with Gasteiger partial charge in [-0.3, -0.25) is 18.7 Å². The third-order valence-corrected chi connectivity index (χ3v) is 6.52. The number of rotatable bonds is 5. The van der Waals surface area contributed by atoms with Crippen molar-refractivity contribution in [3.05, 3.63) is 35.4 Å². The van der Waals surface area contributed by atoms with E-state index in [1.54, 1.807) is 6.26 Å². The maximum atomic E-state index is 12.8. The molecule has 1 aromatic carbocycles. The van der Waals surface area contributed by atoms with Gasteiger partial charge in [-0.1, -0.05) is 26.0 Å². The van der Waals surface area contributed by atoms with Crippen molar-refractivity contribution in [2.24, 2.45) is 11.8 Å². The van der Waals surface area contributed by atoms with E-state index >= 15 is 0 Å². The van der Waals surface area contributed by atoms with E-state index in [4.69, 9.17) is 0 Å². The topological polar surface area (TPSA) is 60.9 Å². The average Bonchev–Trinajstić information content (AvgIpc) is 2.67. The summed E-state index contributed by atoms with van der Waals surface area (Å²) in [7, 11) is -0.928. The lowest BCUT2D eigenvalue weighted by molar-refractivity contribution is -0.135. The molecule has 1 aromatic rings. The Balaban J connectivity index is 1.50. The number of piperidine rings is 1. The number of hydrogen-bond acceptors (Lipinski definition) is 4. The molecule has 3 rings (SSSR count). The van der Waals surface area contributed by atoms with Crippen LogP contribution in [-0.4, -0.2) is 82.8 Å². The quantitative estimate of drug-likeness (QED) is 0.731. The molecule has 2 amide bonds. The van der Waals surface area contributed by atoms with E-state index in [2.05, 4.69) is 18.7 Å². The predicted molar refractivity (Wildman–Crippen MR) is 116 cm³/mol. The van der Waals surface area contributed by atoms with Crippen molar-refractivity contribution in [2.45, 2.75) is 26.0 Å². The molecule has 160 valence electrons. The molecule has 2 fully saturated rings. The number of hydrogen-bond donors (Lipinski definition) is 0. The lowest BCUT2D eigenvalue weighted by atomic mass is 9.92. The van der Waals surface area contributed by atoms with Crippen LogP contribution in [0.15, 0.2) is 24.3 Å². The Morgan fingerprint density at radius 2 is 1.69 bits per heavy atom. The summed E-state index contributed by atoms with van der Waals surface area (Å²) in [6.45, 7) is 9.29. The van der Waals surface area contributed by atoms with Crippen LogP contribution >= 0.6 is 0 Å². The maximum Gasteiger partial charge on any atom is 0.253 e. The Kier molecular flexibility index (Phi) is 7.46. The first-order valence-corrected chi connectivity index (χ1v) is 12.2. The zero-order valence-electron chi connectivity index (χ0n) is 17.8. The van der Waals surface area contributed by atoms with Crippen LogP contribution in [0.3, 0.4) is 0 Å². The maximum absolute atomic E-state index is 12.8. The third kappa shape index (κ3) is 6.12. The molecule has 3 unspecified atom stereocenters. The highest BCUT2D eigenvalue weighted by atomic mass is 32.2. The minimum absolute atomic E-state index is 0.0124. The van der Waals surface area contributed by atoms with Crippen LogP contribution in [0.4, 0.5) is 0 Å². The first-order valence-electron chi connectivity index (χ1n) is 10.5. The van der Waals surface area contributed by atoms with E-state index in [1.807, 2.05) is 34.1 Å². The van der Waals surface area contributed by atoms with Crippen molar-refractivity contribution in [1.29, 1.82) is 0 Å². The van der Waals surface area contributed by atoms with E-state index in [-0.39, 0.29) is 11.8 Å². The number of nitrogens with zero attached hydrogens (tertiary/aromatic N) is 3. The summed E-state index contributed by atoms with van der Waals surface area (Å²) in [5.41, 5.74) is 1.57. The number of amides is 2. The fourth-order valence-corrected chi connectivity index (χ4v) is 5.13. The van der Waals surface area contributed by atoms with E-state index in [9.17, 15) is 13.8 Å². The number of carbonyl (C=O) groups is 2. The summed E-state index contributed by atoms with van der Waals surface area (Å²) in [5.74, 6) is 1.82. The van der Waals surface area contributed by atoms with Crippen molar-refractivity contribution in [3.8, 4) is 0 Å². The second-order valence-electron chi connectivity index (χ2n) is 8.73. The summed E-state index contributed by atoms with van der Waals surface area (Å²) >= 11 is 0. The van der Waals surface area contributed by atoms with E-state index in [1.165, 1.54) is 6.42 Å². The number of carbonyl (C=O) groups excluding carboxylic acids is 2. The molecule has 0 radical (unpaired) electrons. The molecule has 0 spiro atoms. The molecule has 7 heteroatoms. The third-order valence-electron chi connectivity index (χ3n) is 5.78. The van der Waals surface area contributed by atoms with Gasteiger partial charge in [-0.05, 0) is 36.0 Å². The number of piperazine rings is 1. The Hall–Kier alpha value is -1.73. The predicted octanol–water partition coefficient (Wildman–Crippen LogP) is 1.83. The van der Waals surface area contributed by atoms with Crippen molar-refractivity contribution in [3.63, 3.8) is 0 Å². The molecule has 2 aliphatic rings. The monoisotopic (exact) mass is 419 g/mol. The van der Waals surface area contributed by atoms with Crippen molar-refractivity contribution in [2.75, 3.05) is 52.1 Å². The molecular formula is C22H33N3O3S. The van der Waals surface area contributed by atoms with Gasteiger partial charge in [-0.15, -0.1) is 0 Å². The van der Waals surface area contributed by atoms with E-state index in [0.717, 1.165) is 31.7 Å². The SMILES string of the molecule is CC1CC(C)CN(C(=O)CN2CCN(C(=O)c3cccc(CS(C)=O)c3)CC2)C1. The molecular weight excluding hydrogens is 386 g/mol. The summed E-state index contributed by atoms with van der Waals surface area (Å²) in [5, 5.41) is 0. The molecule has 2 aliphatic heterocycles. The van der Waals surface area contributed by atoms with Crippen molar-refractivity contribution in [1.82, 2.24) is 14.7 Å². The second kappa shape index (κ2) is 9.85. The molecule has 6 nitrogen and oxygen atoms in total. The Labute approximate surface area is 176 Å². The zero-order chi connectivity index (χ0) is 21.0. The largest absolute Gasteiger partial charge is 0.341 e. The van der Waals surface area contributed by atoms with Crippen LogP contribution in [0.25, 0.3) is 0 Å². The molecule has 0 N–H and O–H groups in total. The summed E-state index contributed by atoms with van der Waals surface area (Å²) < 4.78 is 11.4. The Bertz CT molecular complexity index is 751. The molecule has 0 bridgehead atoms. The van der Waals surface area contributed by atoms with E-state index in [0.29, 0.717) is 42.8 Å². The summed E-state index contributed by atoms with van der Waals surface area (Å²) in [4.78, 5) is 31.6. The standard InChI is InChI=1S/C22H33N3O3S/c1-17-11-18(2)14-25(13-17)21(26)15-23-7-9-24(10-8-23)22(27)20-6-4-5-19(12-20)16-29(3)28/h4-6,12,17-18H,7-11,13-16H2,1-3H3. The zero-order valence-corrected chi connectivity index (χ0v) is 18.6. The van der Waals surface area contributed by atoms with Gasteiger partial charge in [0.25, 0.3) is 5.91 Å². The second-order valence-corrected chi connectivity index (χ2v) is 10.2. The fraction of sp³-hybridized carbons (Fsp3) is 0.636. The van der Waals surface area contributed by atoms with Crippen molar-refractivity contribution < 1.29 is 13.8 Å². The van der Waals surface area contributed by atoms with Gasteiger partial charge in [0.1, 0.15) is 0 Å². The lowest BCUT2D eigenvalue weighted by Gasteiger charge is -2.38. The van der Waals surface area contributed by atoms with Gasteiger partial charge in [0, 0.05) is 67.6 Å². The highest BCUT2D eigenvalue weighted by Crippen LogP contribution is 2.21. The van der Waals surface area contributed by atoms with Gasteiger partial charge >= 0.3 is 0 Å². The minimum Gasteiger partial charge on any atom is -0.341 e. The van der Waals surface area contributed by atoms with Gasteiger partial charge in [0.05, 0.1) is 6.54 Å². The molecule has 0 aliphatic carbocycles. The van der Waals surface area contributed by atoms with Gasteiger partial charge in [0.2, 0.25) is 5.91 Å². The highest BCUT2D eigenvalue weighted by Gasteiger charge is 2.28. The fourth-order valence-electron chi connectivity index (χ4n) is 4.48. The smallest absolute Gasteiger partial charge is 0.253 e. The normalized spacial score (nSPS) is 24.4. The molecule has 3 atom stereocenters. The minimum atomic E-state index is -0.928.